The molecule has 0 saturated heterocycles. The Balaban J connectivity index is 2.04. The number of carboxylic acid groups (broad SMARTS) is 1. The van der Waals surface area contributed by atoms with Gasteiger partial charge in [0.2, 0.25) is 5.91 Å². The van der Waals surface area contributed by atoms with Crippen molar-refractivity contribution >= 4 is 17.9 Å². The molecule has 0 aliphatic heterocycles. The fourth-order valence-corrected chi connectivity index (χ4v) is 1.40. The van der Waals surface area contributed by atoms with Crippen molar-refractivity contribution in [2.75, 3.05) is 6.54 Å². The van der Waals surface area contributed by atoms with Crippen LogP contribution in [0, 0.1) is 0 Å². The van der Waals surface area contributed by atoms with Crippen LogP contribution in [0.5, 0.6) is 0 Å². The van der Waals surface area contributed by atoms with Crippen molar-refractivity contribution in [3.8, 4) is 0 Å². The summed E-state index contributed by atoms with van der Waals surface area (Å²) >= 11 is 0. The number of carboxylic acids is 1. The number of rotatable bonds is 7. The van der Waals surface area contributed by atoms with Crippen LogP contribution < -0.4 is 16.0 Å². The summed E-state index contributed by atoms with van der Waals surface area (Å²) in [6, 6.07) is -0.576. The van der Waals surface area contributed by atoms with Crippen LogP contribution >= 0.6 is 0 Å². The third-order valence-electron chi connectivity index (χ3n) is 2.44. The van der Waals surface area contributed by atoms with Gasteiger partial charge in [-0.1, -0.05) is 0 Å². The fraction of sp³-hybridized carbons (Fsp3) is 0.727. The first-order chi connectivity index (χ1) is 8.47. The molecule has 0 aromatic heterocycles. The number of aliphatic carboxylic acids is 1. The Morgan fingerprint density at radius 3 is 2.56 bits per heavy atom. The van der Waals surface area contributed by atoms with Gasteiger partial charge in [-0.05, 0) is 19.8 Å². The molecule has 0 heterocycles. The zero-order valence-corrected chi connectivity index (χ0v) is 10.4. The van der Waals surface area contributed by atoms with Gasteiger partial charge in [0.15, 0.2) is 0 Å². The lowest BCUT2D eigenvalue weighted by atomic mass is 10.2. The zero-order valence-electron chi connectivity index (χ0n) is 10.4. The first-order valence-corrected chi connectivity index (χ1v) is 6.03. The molecule has 1 rings (SSSR count). The second kappa shape index (κ2) is 6.83. The lowest BCUT2D eigenvalue weighted by Crippen LogP contribution is -2.42. The quantitative estimate of drug-likeness (QED) is 0.507. The molecule has 3 amide bonds. The van der Waals surface area contributed by atoms with Crippen molar-refractivity contribution in [3.63, 3.8) is 0 Å². The highest BCUT2D eigenvalue weighted by Crippen LogP contribution is 2.18. The summed E-state index contributed by atoms with van der Waals surface area (Å²) in [6.07, 6.45) is 2.17. The highest BCUT2D eigenvalue weighted by molar-refractivity contribution is 5.79. The minimum atomic E-state index is -0.966. The van der Waals surface area contributed by atoms with Crippen LogP contribution in [0.2, 0.25) is 0 Å². The second-order valence-corrected chi connectivity index (χ2v) is 4.49. The summed E-state index contributed by atoms with van der Waals surface area (Å²) < 4.78 is 0. The SMILES string of the molecule is CC(CC(=O)O)NC(=O)NCCC(=O)NC1CC1. The van der Waals surface area contributed by atoms with Crippen molar-refractivity contribution in [1.82, 2.24) is 16.0 Å². The van der Waals surface area contributed by atoms with Crippen molar-refractivity contribution in [3.05, 3.63) is 0 Å². The highest BCUT2D eigenvalue weighted by atomic mass is 16.4. The van der Waals surface area contributed by atoms with Crippen LogP contribution in [-0.2, 0) is 9.59 Å². The van der Waals surface area contributed by atoms with Crippen molar-refractivity contribution in [1.29, 1.82) is 0 Å². The molecule has 0 spiro atoms. The molecule has 7 heteroatoms. The number of carbonyl (C=O) groups is 3. The van der Waals surface area contributed by atoms with E-state index in [1.54, 1.807) is 6.92 Å². The molecule has 7 nitrogen and oxygen atoms in total. The summed E-state index contributed by atoms with van der Waals surface area (Å²) in [6.45, 7) is 1.84. The molecule has 18 heavy (non-hydrogen) atoms. The van der Waals surface area contributed by atoms with Crippen LogP contribution in [0.4, 0.5) is 4.79 Å². The van der Waals surface area contributed by atoms with Gasteiger partial charge in [-0.15, -0.1) is 0 Å². The van der Waals surface area contributed by atoms with Gasteiger partial charge in [0.05, 0.1) is 6.42 Å². The molecule has 1 fully saturated rings. The predicted octanol–water partition coefficient (Wildman–Crippen LogP) is -0.182. The lowest BCUT2D eigenvalue weighted by Gasteiger charge is -2.12. The molecule has 4 N–H and O–H groups in total. The van der Waals surface area contributed by atoms with Gasteiger partial charge in [0.1, 0.15) is 0 Å². The number of amides is 3. The van der Waals surface area contributed by atoms with E-state index in [2.05, 4.69) is 16.0 Å². The molecular weight excluding hydrogens is 238 g/mol. The average Bonchev–Trinajstić information content (AvgIpc) is 2.99. The molecule has 0 bridgehead atoms. The van der Waals surface area contributed by atoms with Crippen LogP contribution in [0.3, 0.4) is 0 Å². The van der Waals surface area contributed by atoms with Crippen LogP contribution in [0.1, 0.15) is 32.6 Å². The number of nitrogens with one attached hydrogen (secondary N) is 3. The van der Waals surface area contributed by atoms with Crippen molar-refractivity contribution < 1.29 is 19.5 Å². The largest absolute Gasteiger partial charge is 0.481 e. The smallest absolute Gasteiger partial charge is 0.315 e. The summed E-state index contributed by atoms with van der Waals surface area (Å²) in [5.41, 5.74) is 0. The number of carbonyl (C=O) groups excluding carboxylic acids is 2. The Labute approximate surface area is 105 Å². The second-order valence-electron chi connectivity index (χ2n) is 4.49. The predicted molar refractivity (Wildman–Crippen MR) is 64.0 cm³/mol. The number of hydrogen-bond acceptors (Lipinski definition) is 3. The minimum Gasteiger partial charge on any atom is -0.481 e. The first kappa shape index (κ1) is 14.3. The summed E-state index contributed by atoms with van der Waals surface area (Å²) in [7, 11) is 0. The van der Waals surface area contributed by atoms with E-state index in [9.17, 15) is 14.4 Å². The van der Waals surface area contributed by atoms with Crippen LogP contribution in [0.15, 0.2) is 0 Å². The van der Waals surface area contributed by atoms with Gasteiger partial charge < -0.3 is 21.1 Å². The summed E-state index contributed by atoms with van der Waals surface area (Å²) in [5.74, 6) is -1.04. The van der Waals surface area contributed by atoms with E-state index < -0.39 is 18.0 Å². The first-order valence-electron chi connectivity index (χ1n) is 6.03. The monoisotopic (exact) mass is 257 g/mol. The summed E-state index contributed by atoms with van der Waals surface area (Å²) in [4.78, 5) is 33.0. The maximum absolute atomic E-state index is 11.3. The van der Waals surface area contributed by atoms with Crippen LogP contribution in [0.25, 0.3) is 0 Å². The molecule has 1 saturated carbocycles. The van der Waals surface area contributed by atoms with E-state index in [0.29, 0.717) is 6.04 Å². The molecule has 1 unspecified atom stereocenters. The Bertz CT molecular complexity index is 328. The van der Waals surface area contributed by atoms with Gasteiger partial charge in [-0.25, -0.2) is 4.79 Å². The lowest BCUT2D eigenvalue weighted by molar-refractivity contribution is -0.137. The van der Waals surface area contributed by atoms with Crippen molar-refractivity contribution in [2.24, 2.45) is 0 Å². The molecule has 0 aromatic carbocycles. The third-order valence-corrected chi connectivity index (χ3v) is 2.44. The molecule has 102 valence electrons. The van der Waals surface area contributed by atoms with E-state index >= 15 is 0 Å². The fourth-order valence-electron chi connectivity index (χ4n) is 1.40. The van der Waals surface area contributed by atoms with E-state index in [0.717, 1.165) is 12.8 Å². The Hall–Kier alpha value is -1.79. The third kappa shape index (κ3) is 6.72. The van der Waals surface area contributed by atoms with Crippen LogP contribution in [-0.4, -0.2) is 41.6 Å². The van der Waals surface area contributed by atoms with E-state index in [1.165, 1.54) is 0 Å². The maximum atomic E-state index is 11.3. The Kier molecular flexibility index (Phi) is 5.41. The molecule has 1 atom stereocenters. The van der Waals surface area contributed by atoms with E-state index in [4.69, 9.17) is 5.11 Å². The average molecular weight is 257 g/mol. The van der Waals surface area contributed by atoms with Crippen molar-refractivity contribution in [2.45, 2.75) is 44.7 Å². The molecular formula is C11H19N3O4. The topological polar surface area (TPSA) is 108 Å². The molecule has 1 aliphatic carbocycles. The molecule has 0 radical (unpaired) electrons. The van der Waals surface area contributed by atoms with E-state index in [-0.39, 0.29) is 25.3 Å². The van der Waals surface area contributed by atoms with Gasteiger partial charge in [-0.3, -0.25) is 9.59 Å². The van der Waals surface area contributed by atoms with Gasteiger partial charge in [-0.2, -0.15) is 0 Å². The number of urea groups is 1. The Morgan fingerprint density at radius 1 is 1.33 bits per heavy atom. The molecule has 0 aromatic rings. The normalized spacial score (nSPS) is 15.6. The van der Waals surface area contributed by atoms with Gasteiger partial charge >= 0.3 is 12.0 Å². The van der Waals surface area contributed by atoms with E-state index in [1.807, 2.05) is 0 Å². The van der Waals surface area contributed by atoms with Gasteiger partial charge in [0, 0.05) is 25.0 Å². The standard InChI is InChI=1S/C11H19N3O4/c1-7(6-10(16)17)13-11(18)12-5-4-9(15)14-8-2-3-8/h7-8H,2-6H2,1H3,(H,14,15)(H,16,17)(H2,12,13,18). The summed E-state index contributed by atoms with van der Waals surface area (Å²) in [5, 5.41) is 16.3. The van der Waals surface area contributed by atoms with Gasteiger partial charge in [0.25, 0.3) is 0 Å². The highest BCUT2D eigenvalue weighted by Gasteiger charge is 2.22. The number of hydrogen-bond donors (Lipinski definition) is 4. The zero-order chi connectivity index (χ0) is 13.5. The molecule has 1 aliphatic rings. The minimum absolute atomic E-state index is 0.0728. The maximum Gasteiger partial charge on any atom is 0.315 e. The Morgan fingerprint density at radius 2 is 2.00 bits per heavy atom.